The van der Waals surface area contributed by atoms with Gasteiger partial charge in [0.2, 0.25) is 0 Å². The number of hydrogen-bond donors (Lipinski definition) is 2. The number of amides is 1. The first kappa shape index (κ1) is 14.7. The fourth-order valence-corrected chi connectivity index (χ4v) is 2.34. The molecule has 104 valence electrons. The molecule has 0 aliphatic rings. The number of aromatic hydroxyl groups is 1. The van der Waals surface area contributed by atoms with Gasteiger partial charge in [-0.15, -0.1) is 0 Å². The lowest BCUT2D eigenvalue weighted by atomic mass is 10.2. The van der Waals surface area contributed by atoms with Crippen molar-refractivity contribution in [2.75, 3.05) is 12.4 Å². The number of halogens is 2. The molecule has 0 bridgehead atoms. The molecule has 0 saturated heterocycles. The number of phenols is 1. The Balaban J connectivity index is 2.21. The summed E-state index contributed by atoms with van der Waals surface area (Å²) in [6.45, 7) is 0. The van der Waals surface area contributed by atoms with Crippen LogP contribution in [0.15, 0.2) is 40.9 Å². The molecule has 0 aromatic heterocycles. The van der Waals surface area contributed by atoms with Gasteiger partial charge in [0.05, 0.1) is 17.8 Å². The average molecular weight is 357 g/mol. The minimum Gasteiger partial charge on any atom is -0.504 e. The zero-order chi connectivity index (χ0) is 14.7. The SMILES string of the molecule is COc1ccc(C(=O)Nc2ccc(Br)cc2Cl)cc1O. The lowest BCUT2D eigenvalue weighted by Crippen LogP contribution is -2.12. The Morgan fingerprint density at radius 1 is 1.30 bits per heavy atom. The molecule has 0 atom stereocenters. The zero-order valence-electron chi connectivity index (χ0n) is 10.5. The third-order valence-corrected chi connectivity index (χ3v) is 3.43. The molecule has 0 aliphatic heterocycles. The molecular formula is C14H11BrClNO3. The van der Waals surface area contributed by atoms with Gasteiger partial charge in [-0.05, 0) is 36.4 Å². The Morgan fingerprint density at radius 3 is 2.65 bits per heavy atom. The van der Waals surface area contributed by atoms with Crippen molar-refractivity contribution in [3.63, 3.8) is 0 Å². The molecule has 0 unspecified atom stereocenters. The van der Waals surface area contributed by atoms with Gasteiger partial charge < -0.3 is 15.2 Å². The second-order valence-electron chi connectivity index (χ2n) is 3.96. The molecule has 0 fully saturated rings. The van der Waals surface area contributed by atoms with E-state index in [1.165, 1.54) is 19.2 Å². The summed E-state index contributed by atoms with van der Waals surface area (Å²) in [7, 11) is 1.44. The van der Waals surface area contributed by atoms with E-state index in [1.54, 1.807) is 24.3 Å². The number of methoxy groups -OCH3 is 1. The molecule has 1 amide bonds. The monoisotopic (exact) mass is 355 g/mol. The Morgan fingerprint density at radius 2 is 2.05 bits per heavy atom. The molecule has 2 aromatic carbocycles. The number of ether oxygens (including phenoxy) is 1. The number of benzene rings is 2. The molecule has 4 nitrogen and oxygen atoms in total. The smallest absolute Gasteiger partial charge is 0.255 e. The van der Waals surface area contributed by atoms with E-state index in [2.05, 4.69) is 21.2 Å². The van der Waals surface area contributed by atoms with Gasteiger partial charge in [0.25, 0.3) is 5.91 Å². The van der Waals surface area contributed by atoms with Crippen molar-refractivity contribution in [3.05, 3.63) is 51.5 Å². The van der Waals surface area contributed by atoms with Crippen molar-refractivity contribution in [1.82, 2.24) is 0 Å². The molecule has 0 spiro atoms. The fourth-order valence-electron chi connectivity index (χ4n) is 1.62. The van der Waals surface area contributed by atoms with E-state index in [4.69, 9.17) is 16.3 Å². The Labute approximate surface area is 129 Å². The van der Waals surface area contributed by atoms with E-state index in [0.717, 1.165) is 4.47 Å². The van der Waals surface area contributed by atoms with E-state index in [9.17, 15) is 9.90 Å². The summed E-state index contributed by atoms with van der Waals surface area (Å²) >= 11 is 9.31. The molecule has 0 aliphatic carbocycles. The fraction of sp³-hybridized carbons (Fsp3) is 0.0714. The van der Waals surface area contributed by atoms with Crippen LogP contribution < -0.4 is 10.1 Å². The van der Waals surface area contributed by atoms with Crippen molar-refractivity contribution in [1.29, 1.82) is 0 Å². The first-order valence-corrected chi connectivity index (χ1v) is 6.82. The van der Waals surface area contributed by atoms with Gasteiger partial charge in [-0.2, -0.15) is 0 Å². The van der Waals surface area contributed by atoms with Crippen LogP contribution in [-0.4, -0.2) is 18.1 Å². The van der Waals surface area contributed by atoms with Crippen LogP contribution in [0.1, 0.15) is 10.4 Å². The first-order chi connectivity index (χ1) is 9.51. The lowest BCUT2D eigenvalue weighted by Gasteiger charge is -2.09. The van der Waals surface area contributed by atoms with Gasteiger partial charge in [0.1, 0.15) is 0 Å². The van der Waals surface area contributed by atoms with Crippen molar-refractivity contribution in [3.8, 4) is 11.5 Å². The molecule has 2 rings (SSSR count). The number of rotatable bonds is 3. The lowest BCUT2D eigenvalue weighted by molar-refractivity contribution is 0.102. The largest absolute Gasteiger partial charge is 0.504 e. The molecular weight excluding hydrogens is 346 g/mol. The standard InChI is InChI=1S/C14H11BrClNO3/c1-20-13-5-2-8(6-12(13)18)14(19)17-11-4-3-9(15)7-10(11)16/h2-7,18H,1H3,(H,17,19). The van der Waals surface area contributed by atoms with Crippen LogP contribution in [0.2, 0.25) is 5.02 Å². The molecule has 2 N–H and O–H groups in total. The summed E-state index contributed by atoms with van der Waals surface area (Å²) in [5, 5.41) is 12.8. The van der Waals surface area contributed by atoms with Crippen LogP contribution in [0.3, 0.4) is 0 Å². The average Bonchev–Trinajstić information content (AvgIpc) is 2.41. The van der Waals surface area contributed by atoms with Crippen molar-refractivity contribution >= 4 is 39.1 Å². The van der Waals surface area contributed by atoms with Crippen LogP contribution in [0.5, 0.6) is 11.5 Å². The predicted molar refractivity (Wildman–Crippen MR) is 81.8 cm³/mol. The molecule has 2 aromatic rings. The maximum atomic E-state index is 12.1. The Kier molecular flexibility index (Phi) is 4.52. The highest BCUT2D eigenvalue weighted by Crippen LogP contribution is 2.28. The van der Waals surface area contributed by atoms with Crippen molar-refractivity contribution < 1.29 is 14.6 Å². The van der Waals surface area contributed by atoms with Crippen molar-refractivity contribution in [2.24, 2.45) is 0 Å². The van der Waals surface area contributed by atoms with Gasteiger partial charge in [-0.3, -0.25) is 4.79 Å². The van der Waals surface area contributed by atoms with E-state index in [-0.39, 0.29) is 11.7 Å². The molecule has 20 heavy (non-hydrogen) atoms. The number of anilines is 1. The minimum atomic E-state index is -0.368. The molecule has 6 heteroatoms. The summed E-state index contributed by atoms with van der Waals surface area (Å²) in [6.07, 6.45) is 0. The summed E-state index contributed by atoms with van der Waals surface area (Å²) in [5.41, 5.74) is 0.803. The van der Waals surface area contributed by atoms with E-state index >= 15 is 0 Å². The number of nitrogens with one attached hydrogen (secondary N) is 1. The van der Waals surface area contributed by atoms with E-state index in [1.807, 2.05) is 0 Å². The molecule has 0 heterocycles. The van der Waals surface area contributed by atoms with Gasteiger partial charge in [0, 0.05) is 10.0 Å². The summed E-state index contributed by atoms with van der Waals surface area (Å²) in [5.74, 6) is -0.155. The van der Waals surface area contributed by atoms with Crippen molar-refractivity contribution in [2.45, 2.75) is 0 Å². The van der Waals surface area contributed by atoms with Crippen LogP contribution in [-0.2, 0) is 0 Å². The summed E-state index contributed by atoms with van der Waals surface area (Å²) in [4.78, 5) is 12.1. The van der Waals surface area contributed by atoms with Gasteiger partial charge in [-0.25, -0.2) is 0 Å². The van der Waals surface area contributed by atoms with Crippen LogP contribution in [0.4, 0.5) is 5.69 Å². The summed E-state index contributed by atoms with van der Waals surface area (Å²) in [6, 6.07) is 9.55. The summed E-state index contributed by atoms with van der Waals surface area (Å²) < 4.78 is 5.74. The number of phenolic OH excluding ortho intramolecular Hbond substituents is 1. The highest BCUT2D eigenvalue weighted by atomic mass is 79.9. The second-order valence-corrected chi connectivity index (χ2v) is 5.29. The van der Waals surface area contributed by atoms with Crippen LogP contribution in [0.25, 0.3) is 0 Å². The van der Waals surface area contributed by atoms with Gasteiger partial charge >= 0.3 is 0 Å². The third-order valence-electron chi connectivity index (χ3n) is 2.62. The maximum Gasteiger partial charge on any atom is 0.255 e. The number of carbonyl (C=O) groups excluding carboxylic acids is 1. The van der Waals surface area contributed by atoms with Crippen LogP contribution >= 0.6 is 27.5 Å². The highest BCUT2D eigenvalue weighted by Gasteiger charge is 2.11. The van der Waals surface area contributed by atoms with Gasteiger partial charge in [-0.1, -0.05) is 27.5 Å². The topological polar surface area (TPSA) is 58.6 Å². The minimum absolute atomic E-state index is 0.0953. The van der Waals surface area contributed by atoms with Crippen LogP contribution in [0, 0.1) is 0 Å². The molecule has 0 saturated carbocycles. The third kappa shape index (κ3) is 3.23. The zero-order valence-corrected chi connectivity index (χ0v) is 12.8. The Hall–Kier alpha value is -1.72. The quantitative estimate of drug-likeness (QED) is 0.871. The molecule has 0 radical (unpaired) electrons. The normalized spacial score (nSPS) is 10.2. The number of hydrogen-bond acceptors (Lipinski definition) is 3. The first-order valence-electron chi connectivity index (χ1n) is 5.64. The second kappa shape index (κ2) is 6.15. The highest BCUT2D eigenvalue weighted by molar-refractivity contribution is 9.10. The van der Waals surface area contributed by atoms with E-state index in [0.29, 0.717) is 22.0 Å². The number of carbonyl (C=O) groups is 1. The maximum absolute atomic E-state index is 12.1. The predicted octanol–water partition coefficient (Wildman–Crippen LogP) is 4.07. The Bertz CT molecular complexity index is 661. The van der Waals surface area contributed by atoms with Gasteiger partial charge in [0.15, 0.2) is 11.5 Å². The van der Waals surface area contributed by atoms with E-state index < -0.39 is 0 Å².